The maximum atomic E-state index is 12.9. The normalized spacial score (nSPS) is 17.8. The van der Waals surface area contributed by atoms with Gasteiger partial charge in [-0.2, -0.15) is 0 Å². The van der Waals surface area contributed by atoms with Gasteiger partial charge in [0, 0.05) is 12.8 Å². The third kappa shape index (κ3) is 4.69. The Morgan fingerprint density at radius 3 is 2.46 bits per heavy atom. The average molecular weight is 327 g/mol. The third-order valence-corrected chi connectivity index (χ3v) is 4.83. The second kappa shape index (κ2) is 9.01. The van der Waals surface area contributed by atoms with Gasteiger partial charge in [-0.05, 0) is 38.4 Å². The maximum absolute atomic E-state index is 12.9. The molecule has 1 fully saturated rings. The minimum atomic E-state index is -1.36. The van der Waals surface area contributed by atoms with E-state index in [-0.39, 0.29) is 11.7 Å². The van der Waals surface area contributed by atoms with E-state index in [1.165, 1.54) is 6.42 Å². The van der Waals surface area contributed by atoms with Crippen LogP contribution in [0.5, 0.6) is 0 Å². The number of hydrogen-bond acceptors (Lipinski definition) is 3. The topological polar surface area (TPSA) is 40.5 Å². The van der Waals surface area contributed by atoms with Crippen molar-refractivity contribution in [1.82, 2.24) is 4.90 Å². The van der Waals surface area contributed by atoms with Crippen LogP contribution in [0.2, 0.25) is 0 Å². The van der Waals surface area contributed by atoms with E-state index in [0.717, 1.165) is 31.2 Å². The Morgan fingerprint density at radius 2 is 1.83 bits per heavy atom. The lowest BCUT2D eigenvalue weighted by molar-refractivity contribution is -0.146. The largest absolute Gasteiger partial charge is 0.377 e. The van der Waals surface area contributed by atoms with Crippen LogP contribution in [0.1, 0.15) is 50.5 Å². The zero-order valence-corrected chi connectivity index (χ0v) is 14.9. The maximum Gasteiger partial charge on any atom is 0.170 e. The molecular weight excluding hydrogens is 298 g/mol. The highest BCUT2D eigenvalue weighted by atomic mass is 16.3. The van der Waals surface area contributed by atoms with Crippen molar-refractivity contribution in [3.8, 4) is 11.8 Å². The molecule has 1 aromatic rings. The molecule has 0 heterocycles. The molecule has 0 unspecified atom stereocenters. The van der Waals surface area contributed by atoms with Crippen LogP contribution in [0.3, 0.4) is 0 Å². The Bertz CT molecular complexity index is 579. The minimum Gasteiger partial charge on any atom is -0.377 e. The Kier molecular flexibility index (Phi) is 7.02. The van der Waals surface area contributed by atoms with Gasteiger partial charge in [0.1, 0.15) is 0 Å². The fourth-order valence-electron chi connectivity index (χ4n) is 3.51. The van der Waals surface area contributed by atoms with Crippen LogP contribution < -0.4 is 0 Å². The Hall–Kier alpha value is -1.63. The zero-order chi connectivity index (χ0) is 17.4. The summed E-state index contributed by atoms with van der Waals surface area (Å²) in [4.78, 5) is 14.9. The van der Waals surface area contributed by atoms with Gasteiger partial charge in [-0.3, -0.25) is 9.69 Å². The number of Topliss-reactive ketones (excluding diaryl/α,β-unsaturated/α-hetero) is 1. The molecule has 1 saturated carbocycles. The van der Waals surface area contributed by atoms with Crippen LogP contribution in [0, 0.1) is 17.8 Å². The molecule has 0 bridgehead atoms. The van der Waals surface area contributed by atoms with Crippen LogP contribution in [0.25, 0.3) is 0 Å². The summed E-state index contributed by atoms with van der Waals surface area (Å²) >= 11 is 0. The van der Waals surface area contributed by atoms with E-state index in [9.17, 15) is 9.90 Å². The molecule has 3 heteroatoms. The molecule has 0 spiro atoms. The minimum absolute atomic E-state index is 0.0240. The van der Waals surface area contributed by atoms with Gasteiger partial charge in [-0.1, -0.05) is 55.5 Å². The molecule has 1 atom stereocenters. The lowest BCUT2D eigenvalue weighted by Gasteiger charge is -2.37. The van der Waals surface area contributed by atoms with Gasteiger partial charge < -0.3 is 5.11 Å². The van der Waals surface area contributed by atoms with Gasteiger partial charge in [0.2, 0.25) is 0 Å². The SMILES string of the molecule is CN(C)CC#CCCC(=O)[C@](O)(c1ccccc1)C1CCCCC1. The summed E-state index contributed by atoms with van der Waals surface area (Å²) in [5.74, 6) is 6.04. The third-order valence-electron chi connectivity index (χ3n) is 4.83. The first kappa shape index (κ1) is 18.7. The Morgan fingerprint density at radius 1 is 1.17 bits per heavy atom. The van der Waals surface area contributed by atoms with Gasteiger partial charge in [0.05, 0.1) is 6.54 Å². The molecule has 24 heavy (non-hydrogen) atoms. The van der Waals surface area contributed by atoms with E-state index < -0.39 is 5.60 Å². The van der Waals surface area contributed by atoms with E-state index in [1.54, 1.807) is 0 Å². The number of carbonyl (C=O) groups excluding carboxylic acids is 1. The van der Waals surface area contributed by atoms with Crippen molar-refractivity contribution in [2.24, 2.45) is 5.92 Å². The molecule has 2 rings (SSSR count). The van der Waals surface area contributed by atoms with Gasteiger partial charge >= 0.3 is 0 Å². The van der Waals surface area contributed by atoms with Crippen LogP contribution in [-0.2, 0) is 10.4 Å². The number of hydrogen-bond donors (Lipinski definition) is 1. The summed E-state index contributed by atoms with van der Waals surface area (Å²) in [6.45, 7) is 0.694. The highest BCUT2D eigenvalue weighted by Crippen LogP contribution is 2.40. The second-order valence-electron chi connectivity index (χ2n) is 6.98. The lowest BCUT2D eigenvalue weighted by Crippen LogP contribution is -2.44. The van der Waals surface area contributed by atoms with Crippen LogP contribution in [0.4, 0.5) is 0 Å². The summed E-state index contributed by atoms with van der Waals surface area (Å²) in [7, 11) is 3.94. The van der Waals surface area contributed by atoms with E-state index in [0.29, 0.717) is 19.4 Å². The standard InChI is InChI=1S/C21H29NO2/c1-22(2)17-11-5-10-16-20(23)21(24,18-12-6-3-7-13-18)19-14-8-4-9-15-19/h3,6-7,12-13,19,24H,4,8-10,14-17H2,1-2H3/t21-/m0/s1. The first-order chi connectivity index (χ1) is 11.5. The quantitative estimate of drug-likeness (QED) is 0.815. The molecule has 1 aromatic carbocycles. The van der Waals surface area contributed by atoms with Crippen molar-refractivity contribution in [3.63, 3.8) is 0 Å². The van der Waals surface area contributed by atoms with Crippen LogP contribution >= 0.6 is 0 Å². The highest BCUT2D eigenvalue weighted by molar-refractivity contribution is 5.88. The summed E-state index contributed by atoms with van der Waals surface area (Å²) in [6.07, 6.45) is 6.04. The van der Waals surface area contributed by atoms with Gasteiger partial charge in [0.25, 0.3) is 0 Å². The number of carbonyl (C=O) groups is 1. The number of rotatable bonds is 6. The summed E-state index contributed by atoms with van der Waals surface area (Å²) in [5, 5.41) is 11.4. The van der Waals surface area contributed by atoms with Crippen molar-refractivity contribution in [2.75, 3.05) is 20.6 Å². The fourth-order valence-corrected chi connectivity index (χ4v) is 3.51. The van der Waals surface area contributed by atoms with Crippen molar-refractivity contribution in [1.29, 1.82) is 0 Å². The molecule has 3 nitrogen and oxygen atoms in total. The highest BCUT2D eigenvalue weighted by Gasteiger charge is 2.44. The monoisotopic (exact) mass is 327 g/mol. The second-order valence-corrected chi connectivity index (χ2v) is 6.98. The summed E-state index contributed by atoms with van der Waals surface area (Å²) in [5.41, 5.74) is -0.617. The molecule has 0 amide bonds. The van der Waals surface area contributed by atoms with Gasteiger partial charge in [-0.25, -0.2) is 0 Å². The van der Waals surface area contributed by atoms with E-state index in [1.807, 2.05) is 49.3 Å². The predicted molar refractivity (Wildman–Crippen MR) is 97.5 cm³/mol. The molecule has 1 N–H and O–H groups in total. The molecule has 1 aliphatic rings. The van der Waals surface area contributed by atoms with Crippen molar-refractivity contribution >= 4 is 5.78 Å². The molecule has 0 aliphatic heterocycles. The summed E-state index contributed by atoms with van der Waals surface area (Å²) < 4.78 is 0. The first-order valence-electron chi connectivity index (χ1n) is 8.96. The van der Waals surface area contributed by atoms with Crippen molar-refractivity contribution in [3.05, 3.63) is 35.9 Å². The number of benzene rings is 1. The summed E-state index contributed by atoms with van der Waals surface area (Å²) in [6, 6.07) is 9.47. The molecule has 0 aromatic heterocycles. The zero-order valence-electron chi connectivity index (χ0n) is 14.9. The molecule has 0 saturated heterocycles. The molecule has 130 valence electrons. The smallest absolute Gasteiger partial charge is 0.170 e. The molecule has 0 radical (unpaired) electrons. The number of aliphatic hydroxyl groups is 1. The van der Waals surface area contributed by atoms with Crippen molar-refractivity contribution < 1.29 is 9.90 Å². The van der Waals surface area contributed by atoms with Gasteiger partial charge in [-0.15, -0.1) is 5.92 Å². The first-order valence-corrected chi connectivity index (χ1v) is 8.96. The van der Waals surface area contributed by atoms with E-state index in [2.05, 4.69) is 11.8 Å². The van der Waals surface area contributed by atoms with E-state index in [4.69, 9.17) is 0 Å². The number of ketones is 1. The van der Waals surface area contributed by atoms with Crippen LogP contribution in [-0.4, -0.2) is 36.4 Å². The number of nitrogens with zero attached hydrogens (tertiary/aromatic N) is 1. The van der Waals surface area contributed by atoms with E-state index >= 15 is 0 Å². The van der Waals surface area contributed by atoms with Crippen molar-refractivity contribution in [2.45, 2.75) is 50.5 Å². The molecular formula is C21H29NO2. The Labute approximate surface area is 146 Å². The fraction of sp³-hybridized carbons (Fsp3) is 0.571. The van der Waals surface area contributed by atoms with Gasteiger partial charge in [0.15, 0.2) is 11.4 Å². The van der Waals surface area contributed by atoms with Crippen LogP contribution in [0.15, 0.2) is 30.3 Å². The average Bonchev–Trinajstić information content (AvgIpc) is 2.61. The molecule has 1 aliphatic carbocycles. The lowest BCUT2D eigenvalue weighted by atomic mass is 9.70. The predicted octanol–water partition coefficient (Wildman–Crippen LogP) is 3.37. The Balaban J connectivity index is 2.13.